The number of amides is 1. The number of aliphatic hydroxyl groups is 1. The van der Waals surface area contributed by atoms with Gasteiger partial charge in [-0.2, -0.15) is 0 Å². The molecule has 1 aliphatic heterocycles. The van der Waals surface area contributed by atoms with E-state index in [2.05, 4.69) is 0 Å². The number of methoxy groups -OCH3 is 1. The predicted octanol–water partition coefficient (Wildman–Crippen LogP) is 4.51. The van der Waals surface area contributed by atoms with Gasteiger partial charge in [0.2, 0.25) is 0 Å². The Morgan fingerprint density at radius 1 is 1.16 bits per heavy atom. The average Bonchev–Trinajstić information content (AvgIpc) is 3.00. The van der Waals surface area contributed by atoms with Gasteiger partial charge in [-0.3, -0.25) is 9.59 Å². The second-order valence-corrected chi connectivity index (χ2v) is 8.49. The molecule has 1 atom stereocenters. The molecule has 0 aliphatic carbocycles. The third kappa shape index (κ3) is 4.75. The number of halogens is 3. The van der Waals surface area contributed by atoms with Crippen molar-refractivity contribution in [1.29, 1.82) is 0 Å². The molecular weight excluding hydrogens is 458 g/mol. The molecule has 0 aromatic heterocycles. The van der Waals surface area contributed by atoms with Crippen LogP contribution < -0.4 is 4.74 Å². The molecule has 1 N–H and O–H groups in total. The number of ether oxygens (including phenoxy) is 1. The van der Waals surface area contributed by atoms with Gasteiger partial charge < -0.3 is 19.6 Å². The number of ketones is 1. The standard InChI is InChI=1S/C23H23Cl2FN2O4/c1-27(2)9-4-10-28-20(13-5-7-15(24)16(25)11-13)19(22(30)23(28)31)21(29)14-6-8-18(32-3)17(26)12-14/h5-8,11-12,20,29H,4,9-10H2,1-3H3/t20-/m0/s1. The van der Waals surface area contributed by atoms with Crippen molar-refractivity contribution in [2.45, 2.75) is 12.5 Å². The zero-order chi connectivity index (χ0) is 23.6. The van der Waals surface area contributed by atoms with Gasteiger partial charge in [-0.25, -0.2) is 4.39 Å². The number of carbonyl (C=O) groups excluding carboxylic acids is 2. The maximum Gasteiger partial charge on any atom is 0.295 e. The van der Waals surface area contributed by atoms with E-state index in [0.717, 1.165) is 6.07 Å². The van der Waals surface area contributed by atoms with Gasteiger partial charge in [0.25, 0.3) is 11.7 Å². The minimum Gasteiger partial charge on any atom is -0.507 e. The van der Waals surface area contributed by atoms with Crippen molar-refractivity contribution in [1.82, 2.24) is 9.80 Å². The summed E-state index contributed by atoms with van der Waals surface area (Å²) in [5.74, 6) is -2.78. The molecule has 1 saturated heterocycles. The van der Waals surface area contributed by atoms with Crippen molar-refractivity contribution < 1.29 is 23.8 Å². The number of rotatable bonds is 7. The summed E-state index contributed by atoms with van der Waals surface area (Å²) in [5, 5.41) is 11.6. The molecule has 32 heavy (non-hydrogen) atoms. The number of benzene rings is 2. The van der Waals surface area contributed by atoms with Gasteiger partial charge in [-0.15, -0.1) is 0 Å². The van der Waals surface area contributed by atoms with E-state index in [9.17, 15) is 19.1 Å². The van der Waals surface area contributed by atoms with E-state index in [1.807, 2.05) is 19.0 Å². The first-order chi connectivity index (χ1) is 15.1. The van der Waals surface area contributed by atoms with Gasteiger partial charge in [-0.1, -0.05) is 29.3 Å². The van der Waals surface area contributed by atoms with E-state index in [1.165, 1.54) is 24.1 Å². The molecule has 1 heterocycles. The van der Waals surface area contributed by atoms with Crippen molar-refractivity contribution in [2.24, 2.45) is 0 Å². The molecule has 0 saturated carbocycles. The molecule has 9 heteroatoms. The average molecular weight is 481 g/mol. The minimum atomic E-state index is -0.892. The van der Waals surface area contributed by atoms with E-state index in [4.69, 9.17) is 27.9 Å². The van der Waals surface area contributed by atoms with E-state index >= 15 is 0 Å². The first-order valence-corrected chi connectivity index (χ1v) is 10.6. The summed E-state index contributed by atoms with van der Waals surface area (Å²) in [7, 11) is 5.13. The Morgan fingerprint density at radius 2 is 1.88 bits per heavy atom. The molecule has 0 unspecified atom stereocenters. The van der Waals surface area contributed by atoms with Crippen LogP contribution in [0.25, 0.3) is 5.76 Å². The number of hydrogen-bond acceptors (Lipinski definition) is 5. The Bertz CT molecular complexity index is 1090. The van der Waals surface area contributed by atoms with Crippen LogP contribution in [0.5, 0.6) is 5.75 Å². The monoisotopic (exact) mass is 480 g/mol. The van der Waals surface area contributed by atoms with Crippen molar-refractivity contribution in [3.05, 3.63) is 69.0 Å². The van der Waals surface area contributed by atoms with Crippen LogP contribution in [0.3, 0.4) is 0 Å². The summed E-state index contributed by atoms with van der Waals surface area (Å²) in [5.41, 5.74) is 0.432. The molecule has 2 aromatic rings. The van der Waals surface area contributed by atoms with Crippen molar-refractivity contribution in [3.8, 4) is 5.75 Å². The maximum atomic E-state index is 14.3. The Hall–Kier alpha value is -2.61. The van der Waals surface area contributed by atoms with Crippen LogP contribution in [0.15, 0.2) is 42.0 Å². The van der Waals surface area contributed by atoms with E-state index in [1.54, 1.807) is 18.2 Å². The quantitative estimate of drug-likeness (QED) is 0.358. The molecule has 3 rings (SSSR count). The SMILES string of the molecule is COc1ccc(C(O)=C2C(=O)C(=O)N(CCCN(C)C)[C@H]2c2ccc(Cl)c(Cl)c2)cc1F. The highest BCUT2D eigenvalue weighted by Gasteiger charge is 2.46. The van der Waals surface area contributed by atoms with Crippen LogP contribution in [0.4, 0.5) is 4.39 Å². The molecule has 1 aliphatic rings. The summed E-state index contributed by atoms with van der Waals surface area (Å²) in [6, 6.07) is 7.68. The lowest BCUT2D eigenvalue weighted by Crippen LogP contribution is -2.32. The lowest BCUT2D eigenvalue weighted by molar-refractivity contribution is -0.139. The largest absolute Gasteiger partial charge is 0.507 e. The second kappa shape index (κ2) is 9.90. The number of nitrogens with zero attached hydrogens (tertiary/aromatic N) is 2. The zero-order valence-electron chi connectivity index (χ0n) is 17.9. The van der Waals surface area contributed by atoms with Crippen LogP contribution in [-0.2, 0) is 9.59 Å². The highest BCUT2D eigenvalue weighted by atomic mass is 35.5. The number of Topliss-reactive ketones (excluding diaryl/α,β-unsaturated/α-hetero) is 1. The van der Waals surface area contributed by atoms with Gasteiger partial charge in [0.15, 0.2) is 11.6 Å². The topological polar surface area (TPSA) is 70.1 Å². The Labute approximate surface area is 195 Å². The predicted molar refractivity (Wildman–Crippen MR) is 122 cm³/mol. The lowest BCUT2D eigenvalue weighted by Gasteiger charge is -2.26. The summed E-state index contributed by atoms with van der Waals surface area (Å²) >= 11 is 12.2. The highest BCUT2D eigenvalue weighted by Crippen LogP contribution is 2.41. The van der Waals surface area contributed by atoms with Crippen LogP contribution in [0.1, 0.15) is 23.6 Å². The summed E-state index contributed by atoms with van der Waals surface area (Å²) in [6.07, 6.45) is 0.606. The van der Waals surface area contributed by atoms with Gasteiger partial charge in [0.05, 0.1) is 28.8 Å². The summed E-state index contributed by atoms with van der Waals surface area (Å²) in [4.78, 5) is 29.2. The van der Waals surface area contributed by atoms with Gasteiger partial charge in [-0.05, 0) is 63.0 Å². The van der Waals surface area contributed by atoms with Crippen molar-refractivity contribution in [3.63, 3.8) is 0 Å². The molecule has 1 fully saturated rings. The first-order valence-electron chi connectivity index (χ1n) is 9.87. The van der Waals surface area contributed by atoms with Crippen LogP contribution in [-0.4, -0.2) is 60.9 Å². The van der Waals surface area contributed by atoms with Gasteiger partial charge >= 0.3 is 0 Å². The fraction of sp³-hybridized carbons (Fsp3) is 0.304. The van der Waals surface area contributed by atoms with E-state index in [0.29, 0.717) is 23.6 Å². The van der Waals surface area contributed by atoms with E-state index in [-0.39, 0.29) is 28.5 Å². The maximum absolute atomic E-state index is 14.3. The van der Waals surface area contributed by atoms with Crippen molar-refractivity contribution in [2.75, 3.05) is 34.3 Å². The Morgan fingerprint density at radius 3 is 2.47 bits per heavy atom. The van der Waals surface area contributed by atoms with Gasteiger partial charge in [0.1, 0.15) is 5.76 Å². The fourth-order valence-electron chi connectivity index (χ4n) is 3.67. The third-order valence-corrected chi connectivity index (χ3v) is 5.97. The van der Waals surface area contributed by atoms with Crippen molar-refractivity contribution >= 4 is 40.7 Å². The molecule has 6 nitrogen and oxygen atoms in total. The summed E-state index contributed by atoms with van der Waals surface area (Å²) in [6.45, 7) is 0.974. The molecule has 0 radical (unpaired) electrons. The third-order valence-electron chi connectivity index (χ3n) is 5.23. The summed E-state index contributed by atoms with van der Waals surface area (Å²) < 4.78 is 19.2. The molecule has 1 amide bonds. The number of carbonyl (C=O) groups is 2. The fourth-order valence-corrected chi connectivity index (χ4v) is 3.97. The zero-order valence-corrected chi connectivity index (χ0v) is 19.4. The molecule has 170 valence electrons. The van der Waals surface area contributed by atoms with Gasteiger partial charge in [0, 0.05) is 12.1 Å². The number of hydrogen-bond donors (Lipinski definition) is 1. The van der Waals surface area contributed by atoms with Crippen LogP contribution in [0.2, 0.25) is 10.0 Å². The molecular formula is C23H23Cl2FN2O4. The van der Waals surface area contributed by atoms with Crippen LogP contribution in [0, 0.1) is 5.82 Å². The molecule has 0 bridgehead atoms. The lowest BCUT2D eigenvalue weighted by atomic mass is 9.95. The highest BCUT2D eigenvalue weighted by molar-refractivity contribution is 6.46. The Balaban J connectivity index is 2.13. The Kier molecular flexibility index (Phi) is 7.44. The second-order valence-electron chi connectivity index (χ2n) is 7.67. The number of aliphatic hydroxyl groups excluding tert-OH is 1. The van der Waals surface area contributed by atoms with Crippen LogP contribution >= 0.6 is 23.2 Å². The van der Waals surface area contributed by atoms with E-state index < -0.39 is 29.3 Å². The minimum absolute atomic E-state index is 0.00767. The first kappa shape index (κ1) is 24.0. The molecule has 0 spiro atoms. The smallest absolute Gasteiger partial charge is 0.295 e. The molecule has 2 aromatic carbocycles. The number of likely N-dealkylation sites (tertiary alicyclic amines) is 1. The normalized spacial score (nSPS) is 18.0.